The second kappa shape index (κ2) is 3.00. The van der Waals surface area contributed by atoms with E-state index in [-0.39, 0.29) is 0 Å². The Hall–Kier alpha value is -0.590. The zero-order chi connectivity index (χ0) is 7.56. The van der Waals surface area contributed by atoms with Gasteiger partial charge in [0.1, 0.15) is 5.78 Å². The summed E-state index contributed by atoms with van der Waals surface area (Å²) in [4.78, 5) is 10.8. The van der Waals surface area contributed by atoms with Crippen LogP contribution in [0.1, 0.15) is 26.2 Å². The summed E-state index contributed by atoms with van der Waals surface area (Å²) in [7, 11) is 0. The van der Waals surface area contributed by atoms with Crippen molar-refractivity contribution in [1.29, 1.82) is 0 Å². The highest BCUT2D eigenvalue weighted by Crippen LogP contribution is 2.29. The van der Waals surface area contributed by atoms with Crippen LogP contribution in [0.5, 0.6) is 0 Å². The van der Waals surface area contributed by atoms with Gasteiger partial charge in [0.15, 0.2) is 0 Å². The van der Waals surface area contributed by atoms with E-state index < -0.39 is 0 Å². The van der Waals surface area contributed by atoms with Gasteiger partial charge in [0.25, 0.3) is 0 Å². The highest BCUT2D eigenvalue weighted by atomic mass is 16.1. The minimum absolute atomic E-state index is 0.429. The first-order valence-electron chi connectivity index (χ1n) is 3.88. The summed E-state index contributed by atoms with van der Waals surface area (Å²) in [5.74, 6) is 1.54. The molecule has 0 aromatic heterocycles. The Morgan fingerprint density at radius 1 is 1.80 bits per heavy atom. The zero-order valence-electron chi connectivity index (χ0n) is 6.47. The van der Waals surface area contributed by atoms with E-state index in [1.807, 2.05) is 6.08 Å². The van der Waals surface area contributed by atoms with Crippen LogP contribution in [0.2, 0.25) is 0 Å². The van der Waals surface area contributed by atoms with Crippen LogP contribution in [-0.4, -0.2) is 5.78 Å². The van der Waals surface area contributed by atoms with Crippen LogP contribution < -0.4 is 0 Å². The van der Waals surface area contributed by atoms with Crippen molar-refractivity contribution in [3.05, 3.63) is 12.7 Å². The van der Waals surface area contributed by atoms with Crippen LogP contribution in [0.25, 0.3) is 0 Å². The molecule has 0 radical (unpaired) electrons. The minimum atomic E-state index is 0.429. The van der Waals surface area contributed by atoms with Crippen molar-refractivity contribution in [2.45, 2.75) is 26.2 Å². The first-order valence-corrected chi connectivity index (χ1v) is 3.88. The fraction of sp³-hybridized carbons (Fsp3) is 0.667. The third kappa shape index (κ3) is 1.47. The van der Waals surface area contributed by atoms with E-state index in [0.717, 1.165) is 19.3 Å². The van der Waals surface area contributed by atoms with Crippen molar-refractivity contribution in [2.24, 2.45) is 11.8 Å². The molecule has 0 aromatic carbocycles. The lowest BCUT2D eigenvalue weighted by molar-refractivity contribution is -0.117. The molecule has 1 rings (SSSR count). The van der Waals surface area contributed by atoms with Crippen molar-refractivity contribution >= 4 is 5.78 Å². The summed E-state index contributed by atoms with van der Waals surface area (Å²) >= 11 is 0. The SMILES string of the molecule is C=CC(C)[C@@H]1CCC(=O)C1. The molecule has 56 valence electrons. The molecule has 0 aromatic rings. The molecular weight excluding hydrogens is 124 g/mol. The second-order valence-corrected chi connectivity index (χ2v) is 3.14. The van der Waals surface area contributed by atoms with Gasteiger partial charge in [-0.25, -0.2) is 0 Å². The maximum absolute atomic E-state index is 10.8. The van der Waals surface area contributed by atoms with Gasteiger partial charge in [-0.05, 0) is 18.3 Å². The third-order valence-corrected chi connectivity index (χ3v) is 2.40. The van der Waals surface area contributed by atoms with Crippen LogP contribution in [0, 0.1) is 11.8 Å². The lowest BCUT2D eigenvalue weighted by Gasteiger charge is -2.11. The molecule has 0 heterocycles. The Morgan fingerprint density at radius 2 is 2.50 bits per heavy atom. The van der Waals surface area contributed by atoms with E-state index in [4.69, 9.17) is 0 Å². The molecular formula is C9H14O. The van der Waals surface area contributed by atoms with Crippen molar-refractivity contribution in [2.75, 3.05) is 0 Å². The van der Waals surface area contributed by atoms with Gasteiger partial charge in [0.05, 0.1) is 0 Å². The minimum Gasteiger partial charge on any atom is -0.300 e. The fourth-order valence-electron chi connectivity index (χ4n) is 1.48. The topological polar surface area (TPSA) is 17.1 Å². The van der Waals surface area contributed by atoms with Crippen molar-refractivity contribution in [1.82, 2.24) is 0 Å². The van der Waals surface area contributed by atoms with E-state index in [1.54, 1.807) is 0 Å². The molecule has 0 bridgehead atoms. The summed E-state index contributed by atoms with van der Waals surface area (Å²) < 4.78 is 0. The molecule has 1 heteroatoms. The highest BCUT2D eigenvalue weighted by molar-refractivity contribution is 5.80. The van der Waals surface area contributed by atoms with E-state index in [1.165, 1.54) is 0 Å². The number of Topliss-reactive ketones (excluding diaryl/α,β-unsaturated/α-hetero) is 1. The van der Waals surface area contributed by atoms with Gasteiger partial charge in [0.2, 0.25) is 0 Å². The van der Waals surface area contributed by atoms with Gasteiger partial charge in [-0.3, -0.25) is 4.79 Å². The summed E-state index contributed by atoms with van der Waals surface area (Å²) in [6.45, 7) is 5.85. The van der Waals surface area contributed by atoms with Gasteiger partial charge < -0.3 is 0 Å². The standard InChI is InChI=1S/C9H14O/c1-3-7(2)8-4-5-9(10)6-8/h3,7-8H,1,4-6H2,2H3/t7?,8-/m1/s1. The largest absolute Gasteiger partial charge is 0.300 e. The number of allylic oxidation sites excluding steroid dienone is 1. The smallest absolute Gasteiger partial charge is 0.133 e. The van der Waals surface area contributed by atoms with Crippen LogP contribution >= 0.6 is 0 Å². The Bertz CT molecular complexity index is 149. The Kier molecular flexibility index (Phi) is 2.25. The number of hydrogen-bond donors (Lipinski definition) is 0. The van der Waals surface area contributed by atoms with E-state index in [9.17, 15) is 4.79 Å². The second-order valence-electron chi connectivity index (χ2n) is 3.14. The van der Waals surface area contributed by atoms with Crippen LogP contribution in [0.3, 0.4) is 0 Å². The lowest BCUT2D eigenvalue weighted by atomic mass is 9.93. The monoisotopic (exact) mass is 138 g/mol. The van der Waals surface area contributed by atoms with Gasteiger partial charge in [-0.1, -0.05) is 13.0 Å². The van der Waals surface area contributed by atoms with Gasteiger partial charge in [0, 0.05) is 12.8 Å². The molecule has 2 atom stereocenters. The first kappa shape index (κ1) is 7.52. The van der Waals surface area contributed by atoms with E-state index in [0.29, 0.717) is 17.6 Å². The van der Waals surface area contributed by atoms with E-state index >= 15 is 0 Å². The van der Waals surface area contributed by atoms with Gasteiger partial charge in [-0.2, -0.15) is 0 Å². The number of rotatable bonds is 2. The molecule has 0 aliphatic heterocycles. The number of ketones is 1. The first-order chi connectivity index (χ1) is 4.74. The molecule has 0 saturated heterocycles. The average Bonchev–Trinajstić information content (AvgIpc) is 2.34. The Labute approximate surface area is 62.1 Å². The quantitative estimate of drug-likeness (QED) is 0.534. The molecule has 1 fully saturated rings. The molecule has 1 aliphatic carbocycles. The number of hydrogen-bond acceptors (Lipinski definition) is 1. The van der Waals surface area contributed by atoms with Gasteiger partial charge >= 0.3 is 0 Å². The van der Waals surface area contributed by atoms with Crippen LogP contribution in [0.15, 0.2) is 12.7 Å². The number of carbonyl (C=O) groups is 1. The van der Waals surface area contributed by atoms with Crippen molar-refractivity contribution < 1.29 is 4.79 Å². The molecule has 0 N–H and O–H groups in total. The average molecular weight is 138 g/mol. The molecule has 1 saturated carbocycles. The van der Waals surface area contributed by atoms with Crippen molar-refractivity contribution in [3.63, 3.8) is 0 Å². The summed E-state index contributed by atoms with van der Waals surface area (Å²) in [5.41, 5.74) is 0. The fourth-order valence-corrected chi connectivity index (χ4v) is 1.48. The summed E-state index contributed by atoms with van der Waals surface area (Å²) in [5, 5.41) is 0. The predicted octanol–water partition coefficient (Wildman–Crippen LogP) is 2.18. The highest BCUT2D eigenvalue weighted by Gasteiger charge is 2.24. The molecule has 1 unspecified atom stereocenters. The van der Waals surface area contributed by atoms with Crippen LogP contribution in [0.4, 0.5) is 0 Å². The number of carbonyl (C=O) groups excluding carboxylic acids is 1. The third-order valence-electron chi connectivity index (χ3n) is 2.40. The molecule has 10 heavy (non-hydrogen) atoms. The molecule has 1 aliphatic rings. The van der Waals surface area contributed by atoms with Gasteiger partial charge in [-0.15, -0.1) is 6.58 Å². The van der Waals surface area contributed by atoms with Crippen molar-refractivity contribution in [3.8, 4) is 0 Å². The Balaban J connectivity index is 2.43. The lowest BCUT2D eigenvalue weighted by Crippen LogP contribution is -2.04. The zero-order valence-corrected chi connectivity index (χ0v) is 6.47. The summed E-state index contributed by atoms with van der Waals surface area (Å²) in [6.07, 6.45) is 4.60. The predicted molar refractivity (Wildman–Crippen MR) is 41.7 cm³/mol. The molecule has 1 nitrogen and oxygen atoms in total. The Morgan fingerprint density at radius 3 is 2.90 bits per heavy atom. The normalized spacial score (nSPS) is 28.5. The molecule has 0 spiro atoms. The maximum Gasteiger partial charge on any atom is 0.133 e. The molecule has 0 amide bonds. The maximum atomic E-state index is 10.8. The summed E-state index contributed by atoms with van der Waals surface area (Å²) in [6, 6.07) is 0. The van der Waals surface area contributed by atoms with E-state index in [2.05, 4.69) is 13.5 Å². The van der Waals surface area contributed by atoms with Crippen LogP contribution in [-0.2, 0) is 4.79 Å².